The monoisotopic (exact) mass is 444 g/mol. The lowest BCUT2D eigenvalue weighted by Crippen LogP contribution is -2.50. The SMILES string of the molecule is Cc1nc(-c2ccccc2)nc(N2CCN(C(=O)COCc3ccccc3)CC2)c1C(C)C. The van der Waals surface area contributed by atoms with Crippen LogP contribution in [0.3, 0.4) is 0 Å². The van der Waals surface area contributed by atoms with E-state index < -0.39 is 0 Å². The smallest absolute Gasteiger partial charge is 0.248 e. The third-order valence-corrected chi connectivity index (χ3v) is 5.99. The van der Waals surface area contributed by atoms with E-state index in [-0.39, 0.29) is 12.5 Å². The molecule has 6 heteroatoms. The number of carbonyl (C=O) groups is 1. The van der Waals surface area contributed by atoms with Gasteiger partial charge in [-0.1, -0.05) is 74.5 Å². The lowest BCUT2D eigenvalue weighted by atomic mass is 10.0. The first kappa shape index (κ1) is 22.9. The zero-order chi connectivity index (χ0) is 23.2. The minimum absolute atomic E-state index is 0.0403. The Morgan fingerprint density at radius 3 is 2.21 bits per heavy atom. The van der Waals surface area contributed by atoms with Crippen molar-refractivity contribution in [2.75, 3.05) is 37.7 Å². The van der Waals surface area contributed by atoms with Crippen molar-refractivity contribution in [3.8, 4) is 11.4 Å². The summed E-state index contributed by atoms with van der Waals surface area (Å²) in [5.41, 5.74) is 4.29. The molecule has 1 aromatic heterocycles. The second-order valence-corrected chi connectivity index (χ2v) is 8.74. The fourth-order valence-electron chi connectivity index (χ4n) is 4.29. The molecule has 6 nitrogen and oxygen atoms in total. The van der Waals surface area contributed by atoms with Gasteiger partial charge in [0.1, 0.15) is 12.4 Å². The Kier molecular flexibility index (Phi) is 7.35. The summed E-state index contributed by atoms with van der Waals surface area (Å²) in [5, 5.41) is 0. The first-order valence-corrected chi connectivity index (χ1v) is 11.6. The predicted octanol–water partition coefficient (Wildman–Crippen LogP) is 4.44. The maximum Gasteiger partial charge on any atom is 0.248 e. The number of piperazine rings is 1. The van der Waals surface area contributed by atoms with Gasteiger partial charge in [-0.05, 0) is 18.4 Å². The van der Waals surface area contributed by atoms with E-state index in [0.717, 1.165) is 41.6 Å². The average Bonchev–Trinajstić information content (AvgIpc) is 2.84. The van der Waals surface area contributed by atoms with Crippen molar-refractivity contribution in [2.24, 2.45) is 0 Å². The third kappa shape index (κ3) is 5.57. The molecule has 2 aromatic carbocycles. The summed E-state index contributed by atoms with van der Waals surface area (Å²) in [6, 6.07) is 20.0. The molecule has 0 N–H and O–H groups in total. The van der Waals surface area contributed by atoms with Crippen LogP contribution >= 0.6 is 0 Å². The first-order chi connectivity index (χ1) is 16.0. The molecule has 1 saturated heterocycles. The van der Waals surface area contributed by atoms with Gasteiger partial charge in [-0.3, -0.25) is 4.79 Å². The minimum atomic E-state index is 0.0403. The second kappa shape index (κ2) is 10.6. The Balaban J connectivity index is 1.42. The largest absolute Gasteiger partial charge is 0.367 e. The molecule has 1 fully saturated rings. The third-order valence-electron chi connectivity index (χ3n) is 5.99. The Hall–Kier alpha value is -3.25. The van der Waals surface area contributed by atoms with Crippen molar-refractivity contribution in [1.82, 2.24) is 14.9 Å². The molecule has 1 amide bonds. The van der Waals surface area contributed by atoms with Crippen LogP contribution in [0.25, 0.3) is 11.4 Å². The maximum atomic E-state index is 12.7. The van der Waals surface area contributed by atoms with Gasteiger partial charge < -0.3 is 14.5 Å². The van der Waals surface area contributed by atoms with Gasteiger partial charge in [0.15, 0.2) is 5.82 Å². The number of rotatable bonds is 7. The quantitative estimate of drug-likeness (QED) is 0.539. The zero-order valence-electron chi connectivity index (χ0n) is 19.7. The van der Waals surface area contributed by atoms with Gasteiger partial charge in [-0.2, -0.15) is 0 Å². The van der Waals surface area contributed by atoms with E-state index in [1.807, 2.05) is 65.6 Å². The Bertz CT molecular complexity index is 1060. The highest BCUT2D eigenvalue weighted by Gasteiger charge is 2.26. The summed E-state index contributed by atoms with van der Waals surface area (Å²) in [7, 11) is 0. The fourth-order valence-corrected chi connectivity index (χ4v) is 4.29. The first-order valence-electron chi connectivity index (χ1n) is 11.6. The molecule has 33 heavy (non-hydrogen) atoms. The summed E-state index contributed by atoms with van der Waals surface area (Å²) < 4.78 is 5.65. The van der Waals surface area contributed by atoms with E-state index in [4.69, 9.17) is 14.7 Å². The molecule has 4 rings (SSSR count). The normalized spacial score (nSPS) is 14.1. The van der Waals surface area contributed by atoms with Crippen LogP contribution in [0.15, 0.2) is 60.7 Å². The molecule has 0 spiro atoms. The van der Waals surface area contributed by atoms with Crippen LogP contribution in [-0.2, 0) is 16.1 Å². The molecule has 172 valence electrons. The Labute approximate surface area is 196 Å². The lowest BCUT2D eigenvalue weighted by molar-refractivity contribution is -0.136. The lowest BCUT2D eigenvalue weighted by Gasteiger charge is -2.37. The van der Waals surface area contributed by atoms with E-state index in [0.29, 0.717) is 25.6 Å². The van der Waals surface area contributed by atoms with Crippen LogP contribution in [0.4, 0.5) is 5.82 Å². The van der Waals surface area contributed by atoms with Gasteiger partial charge in [-0.15, -0.1) is 0 Å². The fraction of sp³-hybridized carbons (Fsp3) is 0.370. The number of anilines is 1. The summed E-state index contributed by atoms with van der Waals surface area (Å²) in [4.78, 5) is 26.6. The number of carbonyl (C=O) groups excluding carboxylic acids is 1. The number of ether oxygens (including phenoxy) is 1. The van der Waals surface area contributed by atoms with Gasteiger partial charge in [0, 0.05) is 43.0 Å². The number of hydrogen-bond donors (Lipinski definition) is 0. The molecule has 0 unspecified atom stereocenters. The van der Waals surface area contributed by atoms with Gasteiger partial charge in [0.05, 0.1) is 6.61 Å². The van der Waals surface area contributed by atoms with Crippen molar-refractivity contribution < 1.29 is 9.53 Å². The Morgan fingerprint density at radius 1 is 0.939 bits per heavy atom. The average molecular weight is 445 g/mol. The highest BCUT2D eigenvalue weighted by atomic mass is 16.5. The molecule has 1 aliphatic rings. The summed E-state index contributed by atoms with van der Waals surface area (Å²) in [5.74, 6) is 2.10. The molecule has 1 aliphatic heterocycles. The molecule has 0 saturated carbocycles. The Morgan fingerprint density at radius 2 is 1.58 bits per heavy atom. The van der Waals surface area contributed by atoms with Crippen molar-refractivity contribution in [1.29, 1.82) is 0 Å². The van der Waals surface area contributed by atoms with Gasteiger partial charge in [-0.25, -0.2) is 9.97 Å². The topological polar surface area (TPSA) is 58.6 Å². The van der Waals surface area contributed by atoms with Crippen LogP contribution in [0.5, 0.6) is 0 Å². The summed E-state index contributed by atoms with van der Waals surface area (Å²) in [6.07, 6.45) is 0. The van der Waals surface area contributed by atoms with Crippen LogP contribution in [0.2, 0.25) is 0 Å². The van der Waals surface area contributed by atoms with Crippen molar-refractivity contribution in [3.63, 3.8) is 0 Å². The van der Waals surface area contributed by atoms with E-state index >= 15 is 0 Å². The minimum Gasteiger partial charge on any atom is -0.367 e. The molecule has 0 radical (unpaired) electrons. The van der Waals surface area contributed by atoms with E-state index in [9.17, 15) is 4.79 Å². The summed E-state index contributed by atoms with van der Waals surface area (Å²) in [6.45, 7) is 9.80. The highest BCUT2D eigenvalue weighted by molar-refractivity contribution is 5.77. The van der Waals surface area contributed by atoms with Gasteiger partial charge in [0.2, 0.25) is 5.91 Å². The number of aryl methyl sites for hydroxylation is 1. The van der Waals surface area contributed by atoms with Crippen LogP contribution < -0.4 is 4.90 Å². The number of hydrogen-bond acceptors (Lipinski definition) is 5. The molecular weight excluding hydrogens is 412 g/mol. The number of benzene rings is 2. The molecule has 3 aromatic rings. The predicted molar refractivity (Wildman–Crippen MR) is 131 cm³/mol. The van der Waals surface area contributed by atoms with E-state index in [2.05, 4.69) is 25.7 Å². The van der Waals surface area contributed by atoms with Gasteiger partial charge in [0.25, 0.3) is 0 Å². The molecule has 0 bridgehead atoms. The van der Waals surface area contributed by atoms with E-state index in [1.165, 1.54) is 5.56 Å². The molecular formula is C27H32N4O2. The number of nitrogens with zero attached hydrogens (tertiary/aromatic N) is 4. The second-order valence-electron chi connectivity index (χ2n) is 8.74. The molecule has 0 atom stereocenters. The number of aromatic nitrogens is 2. The van der Waals surface area contributed by atoms with Crippen LogP contribution in [0.1, 0.15) is 36.6 Å². The van der Waals surface area contributed by atoms with Crippen molar-refractivity contribution in [3.05, 3.63) is 77.5 Å². The van der Waals surface area contributed by atoms with Gasteiger partial charge >= 0.3 is 0 Å². The van der Waals surface area contributed by atoms with Crippen LogP contribution in [0, 0.1) is 6.92 Å². The van der Waals surface area contributed by atoms with E-state index in [1.54, 1.807) is 0 Å². The molecule has 0 aliphatic carbocycles. The zero-order valence-corrected chi connectivity index (χ0v) is 19.7. The maximum absolute atomic E-state index is 12.7. The van der Waals surface area contributed by atoms with Crippen molar-refractivity contribution >= 4 is 11.7 Å². The number of amides is 1. The van der Waals surface area contributed by atoms with Crippen molar-refractivity contribution in [2.45, 2.75) is 33.3 Å². The highest BCUT2D eigenvalue weighted by Crippen LogP contribution is 2.31. The summed E-state index contributed by atoms with van der Waals surface area (Å²) >= 11 is 0. The van der Waals surface area contributed by atoms with Crippen LogP contribution in [-0.4, -0.2) is 53.6 Å². The standard InChI is InChI=1S/C27H32N4O2/c1-20(2)25-21(3)28-26(23-12-8-5-9-13-23)29-27(25)31-16-14-30(15-17-31)24(32)19-33-18-22-10-6-4-7-11-22/h4-13,20H,14-19H2,1-3H3. The molecule has 2 heterocycles.